The first kappa shape index (κ1) is 19.6. The topological polar surface area (TPSA) is 30.5 Å². The molecule has 0 radical (unpaired) electrons. The van der Waals surface area contributed by atoms with E-state index in [1.54, 1.807) is 25.3 Å². The minimum absolute atomic E-state index is 0. The van der Waals surface area contributed by atoms with E-state index in [1.807, 2.05) is 12.1 Å². The zero-order valence-corrected chi connectivity index (χ0v) is 16.2. The van der Waals surface area contributed by atoms with Gasteiger partial charge in [0.15, 0.2) is 11.5 Å². The first-order valence-electron chi connectivity index (χ1n) is 8.74. The molecule has 4 heteroatoms. The van der Waals surface area contributed by atoms with E-state index < -0.39 is 0 Å². The van der Waals surface area contributed by atoms with Crippen LogP contribution in [0.5, 0.6) is 11.5 Å². The maximum absolute atomic E-state index is 5.36. The number of ether oxygens (including phenoxy) is 2. The van der Waals surface area contributed by atoms with Crippen molar-refractivity contribution in [3.05, 3.63) is 58.1 Å². The SMILES string of the molecule is COc1ccc(CNCCc2cc3c(cc2C)CCC3)cc1OC.Cl. The van der Waals surface area contributed by atoms with Crippen LogP contribution in [0.15, 0.2) is 30.3 Å². The summed E-state index contributed by atoms with van der Waals surface area (Å²) in [5.74, 6) is 1.56. The molecule has 2 aromatic rings. The van der Waals surface area contributed by atoms with Crippen LogP contribution in [-0.4, -0.2) is 20.8 Å². The second kappa shape index (κ2) is 9.12. The van der Waals surface area contributed by atoms with Gasteiger partial charge in [-0.2, -0.15) is 0 Å². The van der Waals surface area contributed by atoms with E-state index in [9.17, 15) is 0 Å². The molecule has 3 nitrogen and oxygen atoms in total. The van der Waals surface area contributed by atoms with Crippen molar-refractivity contribution in [1.29, 1.82) is 0 Å². The summed E-state index contributed by atoms with van der Waals surface area (Å²) in [5.41, 5.74) is 7.25. The monoisotopic (exact) mass is 361 g/mol. The van der Waals surface area contributed by atoms with Crippen molar-refractivity contribution in [2.24, 2.45) is 0 Å². The molecule has 0 unspecified atom stereocenters. The summed E-state index contributed by atoms with van der Waals surface area (Å²) in [6.45, 7) is 4.06. The Morgan fingerprint density at radius 1 is 0.960 bits per heavy atom. The van der Waals surface area contributed by atoms with Crippen LogP contribution in [0.4, 0.5) is 0 Å². The molecular weight excluding hydrogens is 334 g/mol. The average Bonchev–Trinajstić information content (AvgIpc) is 3.05. The highest BCUT2D eigenvalue weighted by molar-refractivity contribution is 5.85. The van der Waals surface area contributed by atoms with Crippen LogP contribution in [0, 0.1) is 6.92 Å². The van der Waals surface area contributed by atoms with Crippen LogP contribution in [0.25, 0.3) is 0 Å². The minimum atomic E-state index is 0. The van der Waals surface area contributed by atoms with Gasteiger partial charge < -0.3 is 14.8 Å². The molecular formula is C21H28ClNO2. The molecule has 0 heterocycles. The zero-order valence-electron chi connectivity index (χ0n) is 15.4. The third kappa shape index (κ3) is 4.68. The molecule has 0 saturated carbocycles. The molecule has 3 rings (SSSR count). The summed E-state index contributed by atoms with van der Waals surface area (Å²) in [6.07, 6.45) is 4.90. The Hall–Kier alpha value is -1.71. The molecule has 1 N–H and O–H groups in total. The quantitative estimate of drug-likeness (QED) is 0.747. The summed E-state index contributed by atoms with van der Waals surface area (Å²) in [6, 6.07) is 10.9. The maximum Gasteiger partial charge on any atom is 0.161 e. The molecule has 0 fully saturated rings. The van der Waals surface area contributed by atoms with Crippen LogP contribution in [0.3, 0.4) is 0 Å². The number of halogens is 1. The smallest absolute Gasteiger partial charge is 0.161 e. The molecule has 0 spiro atoms. The Labute approximate surface area is 157 Å². The molecule has 2 aromatic carbocycles. The van der Waals surface area contributed by atoms with Gasteiger partial charge in [0.05, 0.1) is 14.2 Å². The number of fused-ring (bicyclic) bond motifs is 1. The lowest BCUT2D eigenvalue weighted by Gasteiger charge is -2.12. The van der Waals surface area contributed by atoms with E-state index in [2.05, 4.69) is 30.4 Å². The Balaban J connectivity index is 0.00000225. The highest BCUT2D eigenvalue weighted by Crippen LogP contribution is 2.27. The van der Waals surface area contributed by atoms with E-state index in [1.165, 1.54) is 36.0 Å². The number of nitrogens with one attached hydrogen (secondary N) is 1. The van der Waals surface area contributed by atoms with Crippen molar-refractivity contribution in [1.82, 2.24) is 5.32 Å². The Morgan fingerprint density at radius 3 is 2.40 bits per heavy atom. The highest BCUT2D eigenvalue weighted by atomic mass is 35.5. The zero-order chi connectivity index (χ0) is 16.9. The van der Waals surface area contributed by atoms with Crippen LogP contribution in [-0.2, 0) is 25.8 Å². The number of hydrogen-bond acceptors (Lipinski definition) is 3. The largest absolute Gasteiger partial charge is 0.493 e. The lowest BCUT2D eigenvalue weighted by molar-refractivity contribution is 0.354. The summed E-state index contributed by atoms with van der Waals surface area (Å²) in [5, 5.41) is 3.54. The molecule has 25 heavy (non-hydrogen) atoms. The predicted molar refractivity (Wildman–Crippen MR) is 105 cm³/mol. The van der Waals surface area contributed by atoms with Gasteiger partial charge >= 0.3 is 0 Å². The van der Waals surface area contributed by atoms with E-state index in [0.29, 0.717) is 0 Å². The number of methoxy groups -OCH3 is 2. The van der Waals surface area contributed by atoms with Gasteiger partial charge in [-0.25, -0.2) is 0 Å². The number of benzene rings is 2. The molecule has 136 valence electrons. The first-order chi connectivity index (χ1) is 11.7. The molecule has 0 aliphatic heterocycles. The summed E-state index contributed by atoms with van der Waals surface area (Å²) in [4.78, 5) is 0. The second-order valence-corrected chi connectivity index (χ2v) is 6.52. The lowest BCUT2D eigenvalue weighted by atomic mass is 9.99. The third-order valence-electron chi connectivity index (χ3n) is 4.90. The predicted octanol–water partition coefficient (Wildman–Crippen LogP) is 4.26. The van der Waals surface area contributed by atoms with E-state index >= 15 is 0 Å². The summed E-state index contributed by atoms with van der Waals surface area (Å²) in [7, 11) is 3.33. The molecule has 0 aromatic heterocycles. The van der Waals surface area contributed by atoms with Crippen molar-refractivity contribution >= 4 is 12.4 Å². The number of hydrogen-bond donors (Lipinski definition) is 1. The van der Waals surface area contributed by atoms with E-state index in [4.69, 9.17) is 9.47 Å². The van der Waals surface area contributed by atoms with Crippen molar-refractivity contribution < 1.29 is 9.47 Å². The number of aryl methyl sites for hydroxylation is 3. The Morgan fingerprint density at radius 2 is 1.68 bits per heavy atom. The molecule has 0 atom stereocenters. The Bertz CT molecular complexity index is 715. The van der Waals surface area contributed by atoms with Crippen molar-refractivity contribution in [2.75, 3.05) is 20.8 Å². The first-order valence-corrected chi connectivity index (χ1v) is 8.74. The molecule has 1 aliphatic rings. The van der Waals surface area contributed by atoms with Gasteiger partial charge in [-0.1, -0.05) is 18.2 Å². The normalized spacial score (nSPS) is 12.4. The van der Waals surface area contributed by atoms with Crippen LogP contribution >= 0.6 is 12.4 Å². The van der Waals surface area contributed by atoms with Gasteiger partial charge in [0.1, 0.15) is 0 Å². The molecule has 0 amide bonds. The van der Waals surface area contributed by atoms with Crippen LogP contribution < -0.4 is 14.8 Å². The molecule has 1 aliphatic carbocycles. The highest BCUT2D eigenvalue weighted by Gasteiger charge is 2.12. The average molecular weight is 362 g/mol. The summed E-state index contributed by atoms with van der Waals surface area (Å²) < 4.78 is 10.6. The van der Waals surface area contributed by atoms with Gasteiger partial charge in [-0.3, -0.25) is 0 Å². The fraction of sp³-hybridized carbons (Fsp3) is 0.429. The van der Waals surface area contributed by atoms with Gasteiger partial charge in [0, 0.05) is 6.54 Å². The second-order valence-electron chi connectivity index (χ2n) is 6.52. The van der Waals surface area contributed by atoms with Gasteiger partial charge in [0.25, 0.3) is 0 Å². The maximum atomic E-state index is 5.36. The van der Waals surface area contributed by atoms with Crippen LogP contribution in [0.1, 0.15) is 34.2 Å². The van der Waals surface area contributed by atoms with Crippen molar-refractivity contribution in [2.45, 2.75) is 39.2 Å². The standard InChI is InChI=1S/C21H27NO2.ClH/c1-15-11-18-5-4-6-19(18)13-17(15)9-10-22-14-16-7-8-20(23-2)21(12-16)24-3;/h7-8,11-13,22H,4-6,9-10,14H2,1-3H3;1H. The number of rotatable bonds is 7. The fourth-order valence-electron chi connectivity index (χ4n) is 3.51. The summed E-state index contributed by atoms with van der Waals surface area (Å²) >= 11 is 0. The van der Waals surface area contributed by atoms with Gasteiger partial charge in [0.2, 0.25) is 0 Å². The van der Waals surface area contributed by atoms with E-state index in [-0.39, 0.29) is 12.4 Å². The van der Waals surface area contributed by atoms with Crippen molar-refractivity contribution in [3.8, 4) is 11.5 Å². The minimum Gasteiger partial charge on any atom is -0.493 e. The molecule has 0 bridgehead atoms. The van der Waals surface area contributed by atoms with Crippen LogP contribution in [0.2, 0.25) is 0 Å². The van der Waals surface area contributed by atoms with Gasteiger partial charge in [-0.15, -0.1) is 12.4 Å². The molecule has 0 saturated heterocycles. The Kier molecular flexibility index (Phi) is 7.15. The van der Waals surface area contributed by atoms with Gasteiger partial charge in [-0.05, 0) is 79.1 Å². The fourth-order valence-corrected chi connectivity index (χ4v) is 3.51. The lowest BCUT2D eigenvalue weighted by Crippen LogP contribution is -2.17. The van der Waals surface area contributed by atoms with Crippen molar-refractivity contribution in [3.63, 3.8) is 0 Å². The van der Waals surface area contributed by atoms with E-state index in [0.717, 1.165) is 31.0 Å². The third-order valence-corrected chi connectivity index (χ3v) is 4.90.